The van der Waals surface area contributed by atoms with E-state index in [1.165, 1.54) is 24.5 Å². The van der Waals surface area contributed by atoms with Crippen LogP contribution in [-0.4, -0.2) is 22.0 Å². The lowest BCUT2D eigenvalue weighted by Gasteiger charge is -2.08. The van der Waals surface area contributed by atoms with Gasteiger partial charge in [0.15, 0.2) is 5.82 Å². The van der Waals surface area contributed by atoms with Crippen molar-refractivity contribution in [2.24, 2.45) is 0 Å². The Kier molecular flexibility index (Phi) is 5.20. The SMILES string of the molecule is Cc1cc(NC(=O)c2cncc(C(=O)Nc3cc(Cl)ccc3Cl)c2)no1. The van der Waals surface area contributed by atoms with E-state index >= 15 is 0 Å². The van der Waals surface area contributed by atoms with Crippen LogP contribution in [0, 0.1) is 6.92 Å². The third-order valence-electron chi connectivity index (χ3n) is 3.31. The molecule has 132 valence electrons. The second kappa shape index (κ2) is 7.55. The van der Waals surface area contributed by atoms with Gasteiger partial charge in [-0.25, -0.2) is 0 Å². The molecule has 1 aromatic carbocycles. The molecule has 26 heavy (non-hydrogen) atoms. The smallest absolute Gasteiger partial charge is 0.258 e. The van der Waals surface area contributed by atoms with E-state index in [9.17, 15) is 9.59 Å². The van der Waals surface area contributed by atoms with Gasteiger partial charge in [-0.2, -0.15) is 0 Å². The molecule has 0 saturated heterocycles. The molecule has 0 aliphatic rings. The standard InChI is InChI=1S/C17H12Cl2N4O3/c1-9-4-15(23-26-9)22-17(25)11-5-10(7-20-8-11)16(24)21-14-6-12(18)2-3-13(14)19/h2-8H,1H3,(H,21,24)(H,22,23,25). The van der Waals surface area contributed by atoms with Gasteiger partial charge in [0.25, 0.3) is 11.8 Å². The Hall–Kier alpha value is -2.90. The molecule has 0 fully saturated rings. The number of nitrogens with zero attached hydrogens (tertiary/aromatic N) is 2. The minimum Gasteiger partial charge on any atom is -0.360 e. The molecule has 0 radical (unpaired) electrons. The number of anilines is 2. The van der Waals surface area contributed by atoms with Gasteiger partial charge in [0.05, 0.1) is 21.8 Å². The Morgan fingerprint density at radius 3 is 2.35 bits per heavy atom. The van der Waals surface area contributed by atoms with Crippen molar-refractivity contribution in [3.8, 4) is 0 Å². The van der Waals surface area contributed by atoms with E-state index in [4.69, 9.17) is 27.7 Å². The maximum atomic E-state index is 12.4. The predicted molar refractivity (Wildman–Crippen MR) is 97.8 cm³/mol. The molecule has 0 bridgehead atoms. The number of benzene rings is 1. The maximum Gasteiger partial charge on any atom is 0.258 e. The van der Waals surface area contributed by atoms with Crippen molar-refractivity contribution in [1.29, 1.82) is 0 Å². The van der Waals surface area contributed by atoms with E-state index in [0.29, 0.717) is 21.5 Å². The van der Waals surface area contributed by atoms with Crippen LogP contribution in [0.4, 0.5) is 11.5 Å². The number of rotatable bonds is 4. The molecule has 0 aliphatic heterocycles. The monoisotopic (exact) mass is 390 g/mol. The van der Waals surface area contributed by atoms with Crippen molar-refractivity contribution in [2.45, 2.75) is 6.92 Å². The van der Waals surface area contributed by atoms with Crippen LogP contribution >= 0.6 is 23.2 Å². The lowest BCUT2D eigenvalue weighted by atomic mass is 10.2. The third kappa shape index (κ3) is 4.19. The fourth-order valence-electron chi connectivity index (χ4n) is 2.09. The van der Waals surface area contributed by atoms with Gasteiger partial charge in [-0.15, -0.1) is 0 Å². The fourth-order valence-corrected chi connectivity index (χ4v) is 2.43. The van der Waals surface area contributed by atoms with Crippen LogP contribution in [0.3, 0.4) is 0 Å². The Balaban J connectivity index is 1.76. The van der Waals surface area contributed by atoms with E-state index in [-0.39, 0.29) is 16.9 Å². The molecule has 0 saturated carbocycles. The summed E-state index contributed by atoms with van der Waals surface area (Å²) in [6.45, 7) is 1.70. The second-order valence-corrected chi connectivity index (χ2v) is 6.16. The van der Waals surface area contributed by atoms with Crippen molar-refractivity contribution in [2.75, 3.05) is 10.6 Å². The maximum absolute atomic E-state index is 12.4. The zero-order valence-electron chi connectivity index (χ0n) is 13.4. The van der Waals surface area contributed by atoms with E-state index in [1.54, 1.807) is 25.1 Å². The molecule has 0 aliphatic carbocycles. The highest BCUT2D eigenvalue weighted by Gasteiger charge is 2.14. The number of hydrogen-bond acceptors (Lipinski definition) is 5. The number of carbonyl (C=O) groups excluding carboxylic acids is 2. The van der Waals surface area contributed by atoms with Gasteiger partial charge >= 0.3 is 0 Å². The van der Waals surface area contributed by atoms with Crippen LogP contribution in [0.2, 0.25) is 10.0 Å². The van der Waals surface area contributed by atoms with Crippen molar-refractivity contribution in [3.63, 3.8) is 0 Å². The van der Waals surface area contributed by atoms with Gasteiger partial charge < -0.3 is 15.2 Å². The van der Waals surface area contributed by atoms with E-state index in [1.807, 2.05) is 0 Å². The van der Waals surface area contributed by atoms with Crippen molar-refractivity contribution in [3.05, 3.63) is 69.7 Å². The van der Waals surface area contributed by atoms with Crippen LogP contribution in [0.15, 0.2) is 47.2 Å². The molecular weight excluding hydrogens is 379 g/mol. The van der Waals surface area contributed by atoms with Gasteiger partial charge in [0, 0.05) is 23.5 Å². The number of hydrogen-bond donors (Lipinski definition) is 2. The van der Waals surface area contributed by atoms with Crippen molar-refractivity contribution in [1.82, 2.24) is 10.1 Å². The average Bonchev–Trinajstić information content (AvgIpc) is 3.03. The van der Waals surface area contributed by atoms with Gasteiger partial charge in [-0.3, -0.25) is 14.6 Å². The predicted octanol–water partition coefficient (Wildman–Crippen LogP) is 4.19. The van der Waals surface area contributed by atoms with Gasteiger partial charge in [-0.1, -0.05) is 28.4 Å². The molecule has 7 nitrogen and oxygen atoms in total. The van der Waals surface area contributed by atoms with Crippen molar-refractivity contribution >= 4 is 46.5 Å². The van der Waals surface area contributed by atoms with Crippen LogP contribution < -0.4 is 10.6 Å². The molecule has 2 aromatic heterocycles. The number of halogens is 2. The highest BCUT2D eigenvalue weighted by atomic mass is 35.5. The number of pyridine rings is 1. The van der Waals surface area contributed by atoms with Crippen LogP contribution in [0.1, 0.15) is 26.5 Å². The fraction of sp³-hybridized carbons (Fsp3) is 0.0588. The molecular formula is C17H12Cl2N4O3. The Bertz CT molecular complexity index is 988. The zero-order valence-corrected chi connectivity index (χ0v) is 14.9. The summed E-state index contributed by atoms with van der Waals surface area (Å²) in [4.78, 5) is 28.6. The number of aromatic nitrogens is 2. The topological polar surface area (TPSA) is 97.1 Å². The normalized spacial score (nSPS) is 10.4. The number of aryl methyl sites for hydroxylation is 1. The van der Waals surface area contributed by atoms with Gasteiger partial charge in [0.1, 0.15) is 5.76 Å². The van der Waals surface area contributed by atoms with Crippen LogP contribution in [0.5, 0.6) is 0 Å². The van der Waals surface area contributed by atoms with Crippen LogP contribution in [-0.2, 0) is 0 Å². The summed E-state index contributed by atoms with van der Waals surface area (Å²) < 4.78 is 4.88. The van der Waals surface area contributed by atoms with E-state index < -0.39 is 11.8 Å². The van der Waals surface area contributed by atoms with Crippen LogP contribution in [0.25, 0.3) is 0 Å². The first-order valence-corrected chi connectivity index (χ1v) is 8.14. The Morgan fingerprint density at radius 2 is 1.69 bits per heavy atom. The Labute approximate surface area is 158 Å². The molecule has 9 heteroatoms. The third-order valence-corrected chi connectivity index (χ3v) is 3.87. The summed E-state index contributed by atoms with van der Waals surface area (Å²) in [5.74, 6) is -0.118. The van der Waals surface area contributed by atoms with Crippen molar-refractivity contribution < 1.29 is 14.1 Å². The first-order valence-electron chi connectivity index (χ1n) is 7.38. The number of carbonyl (C=O) groups is 2. The first kappa shape index (κ1) is 17.9. The minimum atomic E-state index is -0.478. The molecule has 3 aromatic rings. The summed E-state index contributed by atoms with van der Waals surface area (Å²) >= 11 is 11.9. The largest absolute Gasteiger partial charge is 0.360 e. The average molecular weight is 391 g/mol. The Morgan fingerprint density at radius 1 is 1.00 bits per heavy atom. The lowest BCUT2D eigenvalue weighted by molar-refractivity contribution is 0.102. The zero-order chi connectivity index (χ0) is 18.7. The second-order valence-electron chi connectivity index (χ2n) is 5.32. The summed E-state index contributed by atoms with van der Waals surface area (Å²) in [6, 6.07) is 7.68. The highest BCUT2D eigenvalue weighted by molar-refractivity contribution is 6.35. The summed E-state index contributed by atoms with van der Waals surface area (Å²) in [5.41, 5.74) is 0.734. The van der Waals surface area contributed by atoms with Gasteiger partial charge in [0.2, 0.25) is 0 Å². The molecule has 2 N–H and O–H groups in total. The summed E-state index contributed by atoms with van der Waals surface area (Å²) in [7, 11) is 0. The molecule has 3 rings (SSSR count). The summed E-state index contributed by atoms with van der Waals surface area (Å²) in [5, 5.41) is 9.64. The highest BCUT2D eigenvalue weighted by Crippen LogP contribution is 2.26. The molecule has 0 spiro atoms. The summed E-state index contributed by atoms with van der Waals surface area (Å²) in [6.07, 6.45) is 2.68. The molecule has 0 unspecified atom stereocenters. The molecule has 0 atom stereocenters. The van der Waals surface area contributed by atoms with E-state index in [2.05, 4.69) is 20.8 Å². The molecule has 2 amide bonds. The quantitative estimate of drug-likeness (QED) is 0.695. The minimum absolute atomic E-state index is 0.185. The number of amides is 2. The first-order chi connectivity index (χ1) is 12.4. The molecule has 2 heterocycles. The number of nitrogens with one attached hydrogen (secondary N) is 2. The lowest BCUT2D eigenvalue weighted by Crippen LogP contribution is -2.16. The van der Waals surface area contributed by atoms with Gasteiger partial charge in [-0.05, 0) is 31.2 Å². The van der Waals surface area contributed by atoms with E-state index in [0.717, 1.165) is 0 Å².